The van der Waals surface area contributed by atoms with Gasteiger partial charge in [-0.3, -0.25) is 4.79 Å². The number of carbonyl (C=O) groups is 2. The standard InChI is InChI=1S/C15H19NO4S/c1-2-20-12-4-3-8-16(10-12)15(19)14-11(7-9-21-14)5-6-13(17)18/h5-7,9,12H,2-4,8,10H2,1H3,(H,17,18). The van der Waals surface area contributed by atoms with Crippen molar-refractivity contribution in [3.63, 3.8) is 0 Å². The van der Waals surface area contributed by atoms with Gasteiger partial charge in [0.25, 0.3) is 5.91 Å². The first-order valence-electron chi connectivity index (χ1n) is 7.01. The predicted molar refractivity (Wildman–Crippen MR) is 81.5 cm³/mol. The second kappa shape index (κ2) is 7.38. The first-order valence-corrected chi connectivity index (χ1v) is 7.89. The number of rotatable bonds is 5. The lowest BCUT2D eigenvalue weighted by Gasteiger charge is -2.32. The topological polar surface area (TPSA) is 66.8 Å². The smallest absolute Gasteiger partial charge is 0.328 e. The molecule has 1 aliphatic rings. The van der Waals surface area contributed by atoms with E-state index in [4.69, 9.17) is 9.84 Å². The molecule has 21 heavy (non-hydrogen) atoms. The number of ether oxygens (including phenoxy) is 1. The van der Waals surface area contributed by atoms with E-state index in [1.807, 2.05) is 6.92 Å². The van der Waals surface area contributed by atoms with Crippen LogP contribution in [0.5, 0.6) is 0 Å². The van der Waals surface area contributed by atoms with Gasteiger partial charge in [-0.1, -0.05) is 0 Å². The number of hydrogen-bond acceptors (Lipinski definition) is 4. The van der Waals surface area contributed by atoms with Crippen molar-refractivity contribution < 1.29 is 19.4 Å². The minimum Gasteiger partial charge on any atom is -0.478 e. The van der Waals surface area contributed by atoms with E-state index in [-0.39, 0.29) is 12.0 Å². The maximum Gasteiger partial charge on any atom is 0.328 e. The third-order valence-electron chi connectivity index (χ3n) is 3.36. The van der Waals surface area contributed by atoms with Gasteiger partial charge < -0.3 is 14.7 Å². The van der Waals surface area contributed by atoms with Crippen molar-refractivity contribution in [2.75, 3.05) is 19.7 Å². The van der Waals surface area contributed by atoms with E-state index in [1.54, 1.807) is 16.3 Å². The fourth-order valence-electron chi connectivity index (χ4n) is 2.42. The average Bonchev–Trinajstić information content (AvgIpc) is 2.93. The summed E-state index contributed by atoms with van der Waals surface area (Å²) in [5.74, 6) is -1.06. The molecule has 0 aliphatic carbocycles. The van der Waals surface area contributed by atoms with Gasteiger partial charge in [0.05, 0.1) is 11.0 Å². The molecule has 1 aromatic heterocycles. The number of likely N-dealkylation sites (tertiary alicyclic amines) is 1. The molecule has 1 unspecified atom stereocenters. The summed E-state index contributed by atoms with van der Waals surface area (Å²) < 4.78 is 5.61. The van der Waals surface area contributed by atoms with Crippen molar-refractivity contribution >= 4 is 29.3 Å². The van der Waals surface area contributed by atoms with Crippen LogP contribution >= 0.6 is 11.3 Å². The zero-order chi connectivity index (χ0) is 15.2. The van der Waals surface area contributed by atoms with E-state index >= 15 is 0 Å². The van der Waals surface area contributed by atoms with Crippen LogP contribution in [0.4, 0.5) is 0 Å². The molecular weight excluding hydrogens is 290 g/mol. The third-order valence-corrected chi connectivity index (χ3v) is 4.28. The Labute approximate surface area is 127 Å². The van der Waals surface area contributed by atoms with E-state index in [9.17, 15) is 9.59 Å². The minimum absolute atomic E-state index is 0.0422. The highest BCUT2D eigenvalue weighted by atomic mass is 32.1. The van der Waals surface area contributed by atoms with E-state index in [0.717, 1.165) is 25.5 Å². The van der Waals surface area contributed by atoms with Gasteiger partial charge in [0.15, 0.2) is 0 Å². The molecular formula is C15H19NO4S. The number of nitrogens with zero attached hydrogens (tertiary/aromatic N) is 1. The zero-order valence-electron chi connectivity index (χ0n) is 11.9. The molecule has 0 spiro atoms. The lowest BCUT2D eigenvalue weighted by atomic mass is 10.1. The summed E-state index contributed by atoms with van der Waals surface area (Å²) in [5, 5.41) is 10.5. The van der Waals surface area contributed by atoms with E-state index < -0.39 is 5.97 Å². The van der Waals surface area contributed by atoms with Gasteiger partial charge in [-0.05, 0) is 42.9 Å². The summed E-state index contributed by atoms with van der Waals surface area (Å²) in [4.78, 5) is 25.6. The molecule has 114 valence electrons. The Balaban J connectivity index is 2.09. The number of carboxylic acids is 1. The molecule has 2 heterocycles. The summed E-state index contributed by atoms with van der Waals surface area (Å²) in [6.07, 6.45) is 4.54. The molecule has 1 fully saturated rings. The summed E-state index contributed by atoms with van der Waals surface area (Å²) in [5.41, 5.74) is 0.658. The number of piperidine rings is 1. The molecule has 1 aromatic rings. The summed E-state index contributed by atoms with van der Waals surface area (Å²) in [7, 11) is 0. The first kappa shape index (κ1) is 15.7. The Bertz CT molecular complexity index is 536. The number of carboxylic acid groups (broad SMARTS) is 1. The molecule has 1 N–H and O–H groups in total. The van der Waals surface area contributed by atoms with E-state index in [2.05, 4.69) is 0 Å². The van der Waals surface area contributed by atoms with Crippen LogP contribution < -0.4 is 0 Å². The van der Waals surface area contributed by atoms with Gasteiger partial charge in [-0.15, -0.1) is 11.3 Å². The highest BCUT2D eigenvalue weighted by Crippen LogP contribution is 2.23. The highest BCUT2D eigenvalue weighted by molar-refractivity contribution is 7.12. The van der Waals surface area contributed by atoms with Crippen molar-refractivity contribution in [3.8, 4) is 0 Å². The van der Waals surface area contributed by atoms with Crippen molar-refractivity contribution in [2.45, 2.75) is 25.9 Å². The predicted octanol–water partition coefficient (Wildman–Crippen LogP) is 2.49. The Morgan fingerprint density at radius 1 is 1.57 bits per heavy atom. The Hall–Kier alpha value is -1.66. The molecule has 5 nitrogen and oxygen atoms in total. The molecule has 1 atom stereocenters. The quantitative estimate of drug-likeness (QED) is 0.849. The van der Waals surface area contributed by atoms with Gasteiger partial charge in [-0.25, -0.2) is 4.79 Å². The van der Waals surface area contributed by atoms with Crippen LogP contribution in [-0.4, -0.2) is 47.7 Å². The van der Waals surface area contributed by atoms with Crippen LogP contribution in [0.25, 0.3) is 6.08 Å². The Kier molecular flexibility index (Phi) is 5.52. The van der Waals surface area contributed by atoms with Crippen LogP contribution in [0.1, 0.15) is 35.0 Å². The number of aliphatic carboxylic acids is 1. The van der Waals surface area contributed by atoms with Gasteiger partial charge in [0.2, 0.25) is 0 Å². The van der Waals surface area contributed by atoms with E-state index in [0.29, 0.717) is 23.6 Å². The van der Waals surface area contributed by atoms with Crippen LogP contribution in [0.2, 0.25) is 0 Å². The number of amides is 1. The van der Waals surface area contributed by atoms with Gasteiger partial charge in [0, 0.05) is 25.8 Å². The molecule has 0 aromatic carbocycles. The lowest BCUT2D eigenvalue weighted by Crippen LogP contribution is -2.43. The fourth-order valence-corrected chi connectivity index (χ4v) is 3.28. The van der Waals surface area contributed by atoms with E-state index in [1.165, 1.54) is 17.4 Å². The fraction of sp³-hybridized carbons (Fsp3) is 0.467. The Morgan fingerprint density at radius 3 is 3.10 bits per heavy atom. The van der Waals surface area contributed by atoms with Gasteiger partial charge in [0.1, 0.15) is 0 Å². The summed E-state index contributed by atoms with van der Waals surface area (Å²) in [6, 6.07) is 1.77. The molecule has 0 radical (unpaired) electrons. The number of thiophene rings is 1. The summed E-state index contributed by atoms with van der Waals surface area (Å²) >= 11 is 1.34. The average molecular weight is 309 g/mol. The monoisotopic (exact) mass is 309 g/mol. The number of hydrogen-bond donors (Lipinski definition) is 1. The molecule has 0 bridgehead atoms. The maximum atomic E-state index is 12.6. The minimum atomic E-state index is -1.02. The normalized spacial score (nSPS) is 19.1. The molecule has 0 saturated carbocycles. The third kappa shape index (κ3) is 4.15. The van der Waals surface area contributed by atoms with Gasteiger partial charge in [-0.2, -0.15) is 0 Å². The first-order chi connectivity index (χ1) is 10.1. The van der Waals surface area contributed by atoms with Crippen molar-refractivity contribution in [1.82, 2.24) is 4.90 Å². The molecule has 6 heteroatoms. The van der Waals surface area contributed by atoms with Crippen molar-refractivity contribution in [2.24, 2.45) is 0 Å². The molecule has 1 saturated heterocycles. The molecule has 1 aliphatic heterocycles. The van der Waals surface area contributed by atoms with Crippen LogP contribution in [0.15, 0.2) is 17.5 Å². The van der Waals surface area contributed by atoms with Crippen LogP contribution in [0, 0.1) is 0 Å². The van der Waals surface area contributed by atoms with Crippen molar-refractivity contribution in [3.05, 3.63) is 28.0 Å². The van der Waals surface area contributed by atoms with Crippen LogP contribution in [-0.2, 0) is 9.53 Å². The molecule has 1 amide bonds. The number of carbonyl (C=O) groups excluding carboxylic acids is 1. The second-order valence-corrected chi connectivity index (χ2v) is 5.76. The van der Waals surface area contributed by atoms with Gasteiger partial charge >= 0.3 is 5.97 Å². The maximum absolute atomic E-state index is 12.6. The SMILES string of the molecule is CCOC1CCCN(C(=O)c2sccc2C=CC(=O)O)C1. The van der Waals surface area contributed by atoms with Crippen LogP contribution in [0.3, 0.4) is 0 Å². The Morgan fingerprint density at radius 2 is 2.38 bits per heavy atom. The zero-order valence-corrected chi connectivity index (χ0v) is 12.8. The summed E-state index contributed by atoms with van der Waals surface area (Å²) in [6.45, 7) is 3.93. The lowest BCUT2D eigenvalue weighted by molar-refractivity contribution is -0.131. The second-order valence-electron chi connectivity index (χ2n) is 4.85. The van der Waals surface area contributed by atoms with Crippen molar-refractivity contribution in [1.29, 1.82) is 0 Å². The highest BCUT2D eigenvalue weighted by Gasteiger charge is 2.26. The molecule has 2 rings (SSSR count). The largest absolute Gasteiger partial charge is 0.478 e.